The van der Waals surface area contributed by atoms with Crippen molar-refractivity contribution in [2.75, 3.05) is 12.0 Å². The highest BCUT2D eigenvalue weighted by Crippen LogP contribution is 2.24. The summed E-state index contributed by atoms with van der Waals surface area (Å²) < 4.78 is 24.3. The summed E-state index contributed by atoms with van der Waals surface area (Å²) in [5, 5.41) is 4.04. The molecular weight excluding hydrogens is 214 g/mol. The van der Waals surface area contributed by atoms with E-state index in [0.29, 0.717) is 0 Å². The molecule has 0 bridgehead atoms. The van der Waals surface area contributed by atoms with Crippen molar-refractivity contribution in [3.63, 3.8) is 0 Å². The number of aromatic nitrogens is 2. The van der Waals surface area contributed by atoms with Gasteiger partial charge in [-0.1, -0.05) is 13.8 Å². The Balaban J connectivity index is 3.20. The first-order chi connectivity index (χ1) is 6.91. The van der Waals surface area contributed by atoms with Crippen LogP contribution in [-0.4, -0.2) is 24.5 Å². The van der Waals surface area contributed by atoms with Crippen LogP contribution in [0.1, 0.15) is 32.7 Å². The lowest BCUT2D eigenvalue weighted by atomic mass is 10.2. The fraction of sp³-hybridized carbons (Fsp3) is 0.667. The van der Waals surface area contributed by atoms with Crippen LogP contribution < -0.4 is 5.73 Å². The van der Waals surface area contributed by atoms with E-state index in [1.54, 1.807) is 4.68 Å². The number of rotatable bonds is 4. The van der Waals surface area contributed by atoms with Crippen LogP contribution in [0.5, 0.6) is 0 Å². The Hall–Kier alpha value is -1.04. The van der Waals surface area contributed by atoms with E-state index in [9.17, 15) is 8.42 Å². The van der Waals surface area contributed by atoms with Crippen LogP contribution in [-0.2, 0) is 9.84 Å². The maximum atomic E-state index is 11.3. The van der Waals surface area contributed by atoms with Crippen LogP contribution in [0.15, 0.2) is 11.1 Å². The average molecular weight is 231 g/mol. The van der Waals surface area contributed by atoms with Crippen LogP contribution in [0.2, 0.25) is 0 Å². The van der Waals surface area contributed by atoms with Gasteiger partial charge >= 0.3 is 0 Å². The Morgan fingerprint density at radius 2 is 2.00 bits per heavy atom. The number of hydrogen-bond donors (Lipinski definition) is 1. The predicted octanol–water partition coefficient (Wildman–Crippen LogP) is 1.23. The number of sulfone groups is 1. The SMILES string of the molecule is CCC(CC)n1ncc(S(C)(=O)=O)c1N. The number of hydrogen-bond acceptors (Lipinski definition) is 4. The molecule has 6 heteroatoms. The summed E-state index contributed by atoms with van der Waals surface area (Å²) in [7, 11) is -3.27. The first-order valence-electron chi connectivity index (χ1n) is 4.94. The summed E-state index contributed by atoms with van der Waals surface area (Å²) in [6, 6.07) is 0.167. The van der Waals surface area contributed by atoms with Gasteiger partial charge in [0.05, 0.1) is 12.2 Å². The van der Waals surface area contributed by atoms with Gasteiger partial charge in [0.2, 0.25) is 0 Å². The molecule has 1 heterocycles. The Morgan fingerprint density at radius 3 is 2.33 bits per heavy atom. The molecule has 2 N–H and O–H groups in total. The van der Waals surface area contributed by atoms with Crippen molar-refractivity contribution in [1.29, 1.82) is 0 Å². The van der Waals surface area contributed by atoms with Gasteiger partial charge in [0, 0.05) is 6.26 Å². The summed E-state index contributed by atoms with van der Waals surface area (Å²) >= 11 is 0. The normalized spacial score (nSPS) is 12.3. The van der Waals surface area contributed by atoms with E-state index < -0.39 is 9.84 Å². The van der Waals surface area contributed by atoms with Crippen molar-refractivity contribution in [1.82, 2.24) is 9.78 Å². The molecule has 0 aromatic carbocycles. The van der Waals surface area contributed by atoms with Gasteiger partial charge in [-0.15, -0.1) is 0 Å². The third-order valence-electron chi connectivity index (χ3n) is 2.49. The first-order valence-corrected chi connectivity index (χ1v) is 6.84. The quantitative estimate of drug-likeness (QED) is 0.845. The van der Waals surface area contributed by atoms with Gasteiger partial charge in [0.15, 0.2) is 9.84 Å². The molecule has 0 aliphatic rings. The summed E-state index contributed by atoms with van der Waals surface area (Å²) in [4.78, 5) is 0.120. The second-order valence-corrected chi connectivity index (χ2v) is 5.57. The molecule has 1 aromatic rings. The topological polar surface area (TPSA) is 78.0 Å². The minimum atomic E-state index is -3.27. The van der Waals surface area contributed by atoms with Gasteiger partial charge < -0.3 is 5.73 Å². The van der Waals surface area contributed by atoms with Gasteiger partial charge in [-0.05, 0) is 12.8 Å². The smallest absolute Gasteiger partial charge is 0.180 e. The molecule has 15 heavy (non-hydrogen) atoms. The summed E-state index contributed by atoms with van der Waals surface area (Å²) in [5.74, 6) is 0.242. The molecule has 0 radical (unpaired) electrons. The summed E-state index contributed by atoms with van der Waals surface area (Å²) in [6.45, 7) is 4.05. The van der Waals surface area contributed by atoms with E-state index in [-0.39, 0.29) is 16.8 Å². The second kappa shape index (κ2) is 4.22. The first kappa shape index (κ1) is 12.0. The van der Waals surface area contributed by atoms with Crippen molar-refractivity contribution < 1.29 is 8.42 Å². The van der Waals surface area contributed by atoms with Crippen LogP contribution in [0.4, 0.5) is 5.82 Å². The molecule has 0 fully saturated rings. The van der Waals surface area contributed by atoms with Crippen LogP contribution >= 0.6 is 0 Å². The fourth-order valence-electron chi connectivity index (χ4n) is 1.57. The van der Waals surface area contributed by atoms with Gasteiger partial charge in [-0.2, -0.15) is 5.10 Å². The van der Waals surface area contributed by atoms with Crippen LogP contribution in [0.25, 0.3) is 0 Å². The highest BCUT2D eigenvalue weighted by molar-refractivity contribution is 7.90. The lowest BCUT2D eigenvalue weighted by molar-refractivity contribution is 0.434. The van der Waals surface area contributed by atoms with Crippen molar-refractivity contribution in [2.45, 2.75) is 37.6 Å². The van der Waals surface area contributed by atoms with E-state index in [0.717, 1.165) is 19.1 Å². The molecule has 0 amide bonds. The van der Waals surface area contributed by atoms with E-state index in [2.05, 4.69) is 5.10 Å². The molecule has 1 rings (SSSR count). The van der Waals surface area contributed by atoms with Gasteiger partial charge in [0.1, 0.15) is 10.7 Å². The molecule has 0 saturated heterocycles. The van der Waals surface area contributed by atoms with Gasteiger partial charge in [-0.25, -0.2) is 13.1 Å². The standard InChI is InChI=1S/C9H17N3O2S/c1-4-7(5-2)12-9(10)8(6-11-12)15(3,13)14/h6-7H,4-5,10H2,1-3H3. The van der Waals surface area contributed by atoms with E-state index in [4.69, 9.17) is 5.73 Å². The Morgan fingerprint density at radius 1 is 1.47 bits per heavy atom. The van der Waals surface area contributed by atoms with Gasteiger partial charge in [0.25, 0.3) is 0 Å². The third-order valence-corrected chi connectivity index (χ3v) is 3.60. The summed E-state index contributed by atoms with van der Waals surface area (Å²) in [6.07, 6.45) is 4.22. The van der Waals surface area contributed by atoms with Crippen LogP contribution in [0, 0.1) is 0 Å². The highest BCUT2D eigenvalue weighted by atomic mass is 32.2. The highest BCUT2D eigenvalue weighted by Gasteiger charge is 2.19. The van der Waals surface area contributed by atoms with Crippen molar-refractivity contribution in [2.24, 2.45) is 0 Å². The zero-order valence-corrected chi connectivity index (χ0v) is 10.1. The lowest BCUT2D eigenvalue weighted by Gasteiger charge is -2.14. The van der Waals surface area contributed by atoms with E-state index in [1.165, 1.54) is 6.20 Å². The number of nitrogens with two attached hydrogens (primary N) is 1. The molecule has 5 nitrogen and oxygen atoms in total. The van der Waals surface area contributed by atoms with Crippen molar-refractivity contribution in [3.05, 3.63) is 6.20 Å². The molecule has 0 atom stereocenters. The molecule has 0 aliphatic carbocycles. The minimum absolute atomic E-state index is 0.120. The fourth-order valence-corrected chi connectivity index (χ4v) is 2.28. The molecular formula is C9H17N3O2S. The zero-order valence-electron chi connectivity index (χ0n) is 9.27. The Bertz CT molecular complexity index is 432. The van der Waals surface area contributed by atoms with E-state index >= 15 is 0 Å². The largest absolute Gasteiger partial charge is 0.383 e. The zero-order chi connectivity index (χ0) is 11.6. The monoisotopic (exact) mass is 231 g/mol. The predicted molar refractivity (Wildman–Crippen MR) is 59.4 cm³/mol. The van der Waals surface area contributed by atoms with Crippen molar-refractivity contribution in [3.8, 4) is 0 Å². The van der Waals surface area contributed by atoms with E-state index in [1.807, 2.05) is 13.8 Å². The molecule has 86 valence electrons. The third kappa shape index (κ3) is 2.31. The maximum absolute atomic E-state index is 11.3. The molecule has 0 saturated carbocycles. The number of anilines is 1. The number of nitrogen functional groups attached to an aromatic ring is 1. The maximum Gasteiger partial charge on any atom is 0.180 e. The van der Waals surface area contributed by atoms with Crippen LogP contribution in [0.3, 0.4) is 0 Å². The summed E-state index contributed by atoms with van der Waals surface area (Å²) in [5.41, 5.74) is 5.76. The molecule has 0 aliphatic heterocycles. The second-order valence-electron chi connectivity index (χ2n) is 3.58. The Labute approximate surface area is 90.2 Å². The minimum Gasteiger partial charge on any atom is -0.383 e. The number of nitrogens with zero attached hydrogens (tertiary/aromatic N) is 2. The average Bonchev–Trinajstić information content (AvgIpc) is 2.50. The lowest BCUT2D eigenvalue weighted by Crippen LogP contribution is -2.12. The Kier molecular flexibility index (Phi) is 3.38. The van der Waals surface area contributed by atoms with Crippen molar-refractivity contribution >= 4 is 15.7 Å². The molecule has 1 aromatic heterocycles. The molecule has 0 spiro atoms. The van der Waals surface area contributed by atoms with Gasteiger partial charge in [-0.3, -0.25) is 0 Å². The molecule has 0 unspecified atom stereocenters.